The minimum atomic E-state index is 0.0400. The van der Waals surface area contributed by atoms with Gasteiger partial charge in [-0.05, 0) is 52.1 Å². The molecule has 0 bridgehead atoms. The van der Waals surface area contributed by atoms with Gasteiger partial charge in [-0.3, -0.25) is 4.90 Å². The molecule has 2 N–H and O–H groups in total. The maximum absolute atomic E-state index is 5.74. The summed E-state index contributed by atoms with van der Waals surface area (Å²) in [6.07, 6.45) is 6.47. The predicted octanol–water partition coefficient (Wildman–Crippen LogP) is 2.64. The summed E-state index contributed by atoms with van der Waals surface area (Å²) in [5, 5.41) is 0. The van der Waals surface area contributed by atoms with Gasteiger partial charge >= 0.3 is 0 Å². The van der Waals surface area contributed by atoms with Crippen molar-refractivity contribution in [3.8, 4) is 0 Å². The van der Waals surface area contributed by atoms with Crippen LogP contribution in [-0.4, -0.2) is 43.3 Å². The second-order valence-electron chi connectivity index (χ2n) is 6.26. The average molecular weight is 256 g/mol. The van der Waals surface area contributed by atoms with Gasteiger partial charge in [0.2, 0.25) is 0 Å². The Hall–Kier alpha value is -0.120. The highest BCUT2D eigenvalue weighted by Crippen LogP contribution is 2.20. The number of nitrogens with two attached hydrogens (primary N) is 1. The van der Waals surface area contributed by atoms with Crippen molar-refractivity contribution in [2.45, 2.75) is 58.5 Å². The second-order valence-corrected chi connectivity index (χ2v) is 6.26. The smallest absolute Gasteiger partial charge is 0.0753 e. The number of rotatable bonds is 8. The molecule has 0 aliphatic carbocycles. The van der Waals surface area contributed by atoms with Crippen LogP contribution >= 0.6 is 0 Å². The maximum Gasteiger partial charge on any atom is 0.0753 e. The van der Waals surface area contributed by atoms with E-state index in [1.54, 1.807) is 0 Å². The maximum atomic E-state index is 5.74. The van der Waals surface area contributed by atoms with Crippen molar-refractivity contribution in [2.75, 3.05) is 32.8 Å². The van der Waals surface area contributed by atoms with Crippen molar-refractivity contribution in [1.29, 1.82) is 0 Å². The molecule has 18 heavy (non-hydrogen) atoms. The SMILES string of the molecule is CCCC(CCN)CCCN1CCOC(C)(C)C1. The highest BCUT2D eigenvalue weighted by molar-refractivity contribution is 4.79. The van der Waals surface area contributed by atoms with Crippen LogP contribution < -0.4 is 5.73 Å². The first-order valence-electron chi connectivity index (χ1n) is 7.64. The van der Waals surface area contributed by atoms with Crippen molar-refractivity contribution in [3.05, 3.63) is 0 Å². The molecule has 0 saturated carbocycles. The summed E-state index contributed by atoms with van der Waals surface area (Å²) in [5.74, 6) is 0.842. The molecule has 108 valence electrons. The van der Waals surface area contributed by atoms with E-state index in [4.69, 9.17) is 10.5 Å². The molecule has 1 rings (SSSR count). The van der Waals surface area contributed by atoms with Crippen molar-refractivity contribution in [2.24, 2.45) is 11.7 Å². The lowest BCUT2D eigenvalue weighted by Gasteiger charge is -2.38. The number of morpholine rings is 1. The molecular formula is C15H32N2O. The summed E-state index contributed by atoms with van der Waals surface area (Å²) >= 11 is 0. The van der Waals surface area contributed by atoms with Gasteiger partial charge in [0.15, 0.2) is 0 Å². The van der Waals surface area contributed by atoms with E-state index in [0.717, 1.165) is 32.2 Å². The Morgan fingerprint density at radius 1 is 1.28 bits per heavy atom. The van der Waals surface area contributed by atoms with E-state index >= 15 is 0 Å². The van der Waals surface area contributed by atoms with Crippen molar-refractivity contribution >= 4 is 0 Å². The summed E-state index contributed by atoms with van der Waals surface area (Å²) < 4.78 is 5.74. The first kappa shape index (κ1) is 15.9. The number of hydrogen-bond acceptors (Lipinski definition) is 3. The third-order valence-electron chi connectivity index (χ3n) is 3.86. The summed E-state index contributed by atoms with van der Waals surface area (Å²) in [4.78, 5) is 2.55. The molecule has 1 unspecified atom stereocenters. The van der Waals surface area contributed by atoms with Crippen molar-refractivity contribution in [3.63, 3.8) is 0 Å². The Morgan fingerprint density at radius 3 is 2.67 bits per heavy atom. The number of hydrogen-bond donors (Lipinski definition) is 1. The van der Waals surface area contributed by atoms with Crippen LogP contribution in [0.2, 0.25) is 0 Å². The first-order valence-corrected chi connectivity index (χ1v) is 7.64. The quantitative estimate of drug-likeness (QED) is 0.725. The fourth-order valence-electron chi connectivity index (χ4n) is 2.99. The van der Waals surface area contributed by atoms with Gasteiger partial charge < -0.3 is 10.5 Å². The minimum Gasteiger partial charge on any atom is -0.373 e. The molecule has 0 aromatic carbocycles. The highest BCUT2D eigenvalue weighted by atomic mass is 16.5. The van der Waals surface area contributed by atoms with Crippen LogP contribution in [0.15, 0.2) is 0 Å². The first-order chi connectivity index (χ1) is 8.57. The van der Waals surface area contributed by atoms with Crippen molar-refractivity contribution in [1.82, 2.24) is 4.90 Å². The normalized spacial score (nSPS) is 22.0. The molecule has 1 aliphatic rings. The molecular weight excluding hydrogens is 224 g/mol. The van der Waals surface area contributed by atoms with Gasteiger partial charge in [0.25, 0.3) is 0 Å². The van der Waals surface area contributed by atoms with Crippen LogP contribution in [0.5, 0.6) is 0 Å². The Labute approximate surface area is 113 Å². The van der Waals surface area contributed by atoms with Gasteiger partial charge in [-0.1, -0.05) is 19.8 Å². The topological polar surface area (TPSA) is 38.5 Å². The van der Waals surface area contributed by atoms with Gasteiger partial charge in [0.1, 0.15) is 0 Å². The zero-order valence-corrected chi connectivity index (χ0v) is 12.6. The van der Waals surface area contributed by atoms with E-state index in [1.807, 2.05) is 0 Å². The summed E-state index contributed by atoms with van der Waals surface area (Å²) in [5.41, 5.74) is 5.72. The number of ether oxygens (including phenoxy) is 1. The van der Waals surface area contributed by atoms with E-state index in [0.29, 0.717) is 0 Å². The summed E-state index contributed by atoms with van der Waals surface area (Å²) in [6, 6.07) is 0. The van der Waals surface area contributed by atoms with Crippen LogP contribution in [0, 0.1) is 5.92 Å². The molecule has 1 heterocycles. The molecule has 3 nitrogen and oxygen atoms in total. The van der Waals surface area contributed by atoms with Crippen LogP contribution in [0.3, 0.4) is 0 Å². The van der Waals surface area contributed by atoms with E-state index in [-0.39, 0.29) is 5.60 Å². The zero-order valence-electron chi connectivity index (χ0n) is 12.6. The molecule has 1 saturated heterocycles. The molecule has 3 heteroatoms. The molecule has 0 radical (unpaired) electrons. The summed E-state index contributed by atoms with van der Waals surface area (Å²) in [6.45, 7) is 11.8. The molecule has 1 aliphatic heterocycles. The van der Waals surface area contributed by atoms with Crippen LogP contribution in [0.4, 0.5) is 0 Å². The van der Waals surface area contributed by atoms with Gasteiger partial charge in [-0.2, -0.15) is 0 Å². The van der Waals surface area contributed by atoms with Gasteiger partial charge in [0.05, 0.1) is 12.2 Å². The lowest BCUT2D eigenvalue weighted by atomic mass is 9.94. The van der Waals surface area contributed by atoms with Crippen molar-refractivity contribution < 1.29 is 4.74 Å². The predicted molar refractivity (Wildman–Crippen MR) is 77.8 cm³/mol. The molecule has 0 aromatic heterocycles. The molecule has 1 fully saturated rings. The Kier molecular flexibility index (Phi) is 7.20. The van der Waals surface area contributed by atoms with Gasteiger partial charge in [-0.25, -0.2) is 0 Å². The highest BCUT2D eigenvalue weighted by Gasteiger charge is 2.26. The Bertz CT molecular complexity index is 213. The number of nitrogens with zero attached hydrogens (tertiary/aromatic N) is 1. The molecule has 0 aromatic rings. The fraction of sp³-hybridized carbons (Fsp3) is 1.00. The minimum absolute atomic E-state index is 0.0400. The Balaban J connectivity index is 2.19. The van der Waals surface area contributed by atoms with Crippen LogP contribution in [0.1, 0.15) is 52.9 Å². The fourth-order valence-corrected chi connectivity index (χ4v) is 2.99. The average Bonchev–Trinajstić information content (AvgIpc) is 2.28. The van der Waals surface area contributed by atoms with Gasteiger partial charge in [0, 0.05) is 13.1 Å². The second kappa shape index (κ2) is 8.13. The van der Waals surface area contributed by atoms with E-state index < -0.39 is 0 Å². The van der Waals surface area contributed by atoms with Crippen LogP contribution in [0.25, 0.3) is 0 Å². The summed E-state index contributed by atoms with van der Waals surface area (Å²) in [7, 11) is 0. The Morgan fingerprint density at radius 2 is 2.06 bits per heavy atom. The monoisotopic (exact) mass is 256 g/mol. The van der Waals surface area contributed by atoms with Gasteiger partial charge in [-0.15, -0.1) is 0 Å². The zero-order chi connectivity index (χ0) is 13.4. The largest absolute Gasteiger partial charge is 0.373 e. The molecule has 0 spiro atoms. The van der Waals surface area contributed by atoms with E-state index in [1.165, 1.54) is 38.6 Å². The third kappa shape index (κ3) is 6.17. The van der Waals surface area contributed by atoms with Crippen LogP contribution in [-0.2, 0) is 4.74 Å². The lowest BCUT2D eigenvalue weighted by Crippen LogP contribution is -2.48. The molecule has 0 amide bonds. The standard InChI is InChI=1S/C15H32N2O/c1-4-6-14(8-9-16)7-5-10-17-11-12-18-15(2,3)13-17/h14H,4-13,16H2,1-3H3. The lowest BCUT2D eigenvalue weighted by molar-refractivity contribution is -0.0862. The molecule has 1 atom stereocenters. The van der Waals surface area contributed by atoms with E-state index in [2.05, 4.69) is 25.7 Å². The van der Waals surface area contributed by atoms with E-state index in [9.17, 15) is 0 Å². The third-order valence-corrected chi connectivity index (χ3v) is 3.86.